The third-order valence-corrected chi connectivity index (χ3v) is 9.00. The molecule has 1 saturated heterocycles. The number of ketones is 1. The predicted molar refractivity (Wildman–Crippen MR) is 131 cm³/mol. The number of phenols is 1. The topological polar surface area (TPSA) is 90.3 Å². The van der Waals surface area contributed by atoms with Crippen LogP contribution in [-0.2, 0) is 16.4 Å². The second-order valence-electron chi connectivity index (χ2n) is 10.8. The van der Waals surface area contributed by atoms with E-state index in [4.69, 9.17) is 4.74 Å². The summed E-state index contributed by atoms with van der Waals surface area (Å²) >= 11 is 0. The molecule has 2 aromatic rings. The second-order valence-corrected chi connectivity index (χ2v) is 10.8. The van der Waals surface area contributed by atoms with Gasteiger partial charge in [0.05, 0.1) is 17.0 Å². The largest absolute Gasteiger partial charge is 0.504 e. The number of rotatable bonds is 3. The van der Waals surface area contributed by atoms with E-state index in [-0.39, 0.29) is 29.3 Å². The van der Waals surface area contributed by atoms with Crippen LogP contribution in [0, 0.1) is 0 Å². The lowest BCUT2D eigenvalue weighted by Crippen LogP contribution is -2.79. The molecule has 0 aromatic heterocycles. The van der Waals surface area contributed by atoms with Crippen molar-refractivity contribution in [1.29, 1.82) is 0 Å². The molecule has 2 fully saturated rings. The minimum atomic E-state index is -4.49. The summed E-state index contributed by atoms with van der Waals surface area (Å²) in [6.45, 7) is 0.521. The summed E-state index contributed by atoms with van der Waals surface area (Å²) in [6, 6.07) is 6.43. The van der Waals surface area contributed by atoms with Crippen LogP contribution in [0.3, 0.4) is 0 Å². The van der Waals surface area contributed by atoms with Crippen LogP contribution in [0.2, 0.25) is 0 Å². The van der Waals surface area contributed by atoms with Crippen molar-refractivity contribution in [3.05, 3.63) is 64.7 Å². The first kappa shape index (κ1) is 24.9. The molecule has 4 aliphatic rings. The Labute approximate surface area is 217 Å². The molecule has 1 saturated carbocycles. The third-order valence-electron chi connectivity index (χ3n) is 9.00. The summed E-state index contributed by atoms with van der Waals surface area (Å²) in [5.41, 5.74) is -2.07. The molecule has 0 radical (unpaired) electrons. The maximum absolute atomic E-state index is 13.5. The summed E-state index contributed by atoms with van der Waals surface area (Å²) in [5.74, 6) is -0.598. The molecule has 200 valence electrons. The first-order valence-corrected chi connectivity index (χ1v) is 12.5. The van der Waals surface area contributed by atoms with Gasteiger partial charge in [0.2, 0.25) is 5.91 Å². The minimum absolute atomic E-state index is 0.128. The molecule has 2 N–H and O–H groups in total. The molecule has 6 rings (SSSR count). The van der Waals surface area contributed by atoms with Gasteiger partial charge in [0, 0.05) is 24.3 Å². The van der Waals surface area contributed by atoms with E-state index in [0.29, 0.717) is 30.5 Å². The molecule has 5 atom stereocenters. The monoisotopic (exact) mass is 528 g/mol. The van der Waals surface area contributed by atoms with E-state index in [9.17, 15) is 33.0 Å². The summed E-state index contributed by atoms with van der Waals surface area (Å²) in [6.07, 6.45) is -1.60. The summed E-state index contributed by atoms with van der Waals surface area (Å²) in [7, 11) is 3.41. The van der Waals surface area contributed by atoms with E-state index in [0.717, 1.165) is 12.1 Å². The van der Waals surface area contributed by atoms with E-state index in [1.165, 1.54) is 35.3 Å². The normalized spacial score (nSPS) is 31.7. The Morgan fingerprint density at radius 1 is 1.24 bits per heavy atom. The Kier molecular flexibility index (Phi) is 5.29. The van der Waals surface area contributed by atoms with Gasteiger partial charge in [-0.1, -0.05) is 12.1 Å². The van der Waals surface area contributed by atoms with E-state index in [2.05, 4.69) is 0 Å². The quantitative estimate of drug-likeness (QED) is 0.594. The van der Waals surface area contributed by atoms with Gasteiger partial charge in [-0.2, -0.15) is 13.2 Å². The molecule has 2 aliphatic heterocycles. The van der Waals surface area contributed by atoms with Crippen molar-refractivity contribution < 1.29 is 37.7 Å². The predicted octanol–water partition coefficient (Wildman–Crippen LogP) is 3.38. The molecular weight excluding hydrogens is 501 g/mol. The van der Waals surface area contributed by atoms with Gasteiger partial charge in [-0.25, -0.2) is 0 Å². The zero-order valence-electron chi connectivity index (χ0n) is 20.8. The molecule has 2 bridgehead atoms. The van der Waals surface area contributed by atoms with Crippen molar-refractivity contribution >= 4 is 17.8 Å². The van der Waals surface area contributed by atoms with E-state index in [1.54, 1.807) is 13.1 Å². The molecule has 1 amide bonds. The number of ether oxygens (including phenoxy) is 1. The number of aliphatic hydroxyl groups is 1. The lowest BCUT2D eigenvalue weighted by Gasteiger charge is -2.63. The summed E-state index contributed by atoms with van der Waals surface area (Å²) in [5, 5.41) is 22.8. The van der Waals surface area contributed by atoms with Crippen molar-refractivity contribution in [2.45, 2.75) is 54.6 Å². The number of carbonyl (C=O) groups is 2. The molecule has 2 aliphatic carbocycles. The van der Waals surface area contributed by atoms with E-state index >= 15 is 0 Å². The molecular formula is C28H27F3N2O5. The average Bonchev–Trinajstić information content (AvgIpc) is 3.22. The van der Waals surface area contributed by atoms with Crippen molar-refractivity contribution in [3.63, 3.8) is 0 Å². The number of likely N-dealkylation sites (N-methyl/N-ethyl adjacent to an activating group) is 2. The second kappa shape index (κ2) is 8.07. The fourth-order valence-corrected chi connectivity index (χ4v) is 7.26. The average molecular weight is 529 g/mol. The standard InChI is InChI=1S/C28H27F3N2O5/c1-32-13-12-26-21-17-7-8-19(34)23(21)38-25(26)18(10-11-27(26,37)24(32)22(17)36)33(2)20(35)9-6-15-4-3-5-16(14-15)28(29,30)31/h3-9,14,18,24-25,34,37H,10-13H2,1-2H3/t18-,24-,25+,26+,27-/m1/s1. The lowest BCUT2D eigenvalue weighted by atomic mass is 9.48. The zero-order chi connectivity index (χ0) is 27.2. The van der Waals surface area contributed by atoms with Crippen LogP contribution in [-0.4, -0.2) is 76.1 Å². The van der Waals surface area contributed by atoms with Gasteiger partial charge in [0.1, 0.15) is 17.7 Å². The molecule has 38 heavy (non-hydrogen) atoms. The maximum Gasteiger partial charge on any atom is 0.416 e. The fraction of sp³-hybridized carbons (Fsp3) is 0.429. The van der Waals surface area contributed by atoms with Gasteiger partial charge in [0.15, 0.2) is 17.3 Å². The highest BCUT2D eigenvalue weighted by Gasteiger charge is 2.75. The molecule has 2 aromatic carbocycles. The van der Waals surface area contributed by atoms with Crippen LogP contribution >= 0.6 is 0 Å². The molecule has 7 nitrogen and oxygen atoms in total. The van der Waals surface area contributed by atoms with Crippen molar-refractivity contribution in [2.24, 2.45) is 0 Å². The third kappa shape index (κ3) is 3.16. The Morgan fingerprint density at radius 3 is 2.74 bits per heavy atom. The number of nitrogens with zero attached hydrogens (tertiary/aromatic N) is 2. The van der Waals surface area contributed by atoms with Gasteiger partial charge >= 0.3 is 6.18 Å². The molecule has 10 heteroatoms. The summed E-state index contributed by atoms with van der Waals surface area (Å²) < 4.78 is 45.6. The first-order chi connectivity index (χ1) is 17.9. The van der Waals surface area contributed by atoms with Crippen LogP contribution in [0.15, 0.2) is 42.5 Å². The van der Waals surface area contributed by atoms with Crippen molar-refractivity contribution in [3.8, 4) is 11.5 Å². The van der Waals surface area contributed by atoms with Crippen LogP contribution in [0.25, 0.3) is 6.08 Å². The number of phenolic OH excluding ortho intramolecular Hbond substituents is 1. The fourth-order valence-electron chi connectivity index (χ4n) is 7.26. The zero-order valence-corrected chi connectivity index (χ0v) is 20.8. The Bertz CT molecular complexity index is 1390. The number of hydrogen-bond acceptors (Lipinski definition) is 6. The number of alkyl halides is 3. The number of Topliss-reactive ketones (excluding diaryl/α,β-unsaturated/α-hetero) is 1. The highest BCUT2D eigenvalue weighted by Crippen LogP contribution is 2.65. The van der Waals surface area contributed by atoms with Crippen molar-refractivity contribution in [2.75, 3.05) is 20.6 Å². The van der Waals surface area contributed by atoms with E-state index < -0.39 is 46.9 Å². The SMILES string of the molecule is CN1CC[C@]23c4c5ccc(O)c4O[C@H]2[C@H](N(C)C(=O)C=Cc2cccc(C(F)(F)F)c2)CC[C@@]3(O)[C@H]1C5=O. The maximum atomic E-state index is 13.5. The number of piperidine rings is 1. The van der Waals surface area contributed by atoms with Crippen LogP contribution in [0.1, 0.15) is 46.3 Å². The Balaban J connectivity index is 1.36. The Morgan fingerprint density at radius 2 is 2.00 bits per heavy atom. The van der Waals surface area contributed by atoms with Crippen LogP contribution < -0.4 is 4.74 Å². The number of halogens is 3. The van der Waals surface area contributed by atoms with E-state index in [1.807, 2.05) is 11.9 Å². The summed E-state index contributed by atoms with van der Waals surface area (Å²) in [4.78, 5) is 30.1. The Hall–Kier alpha value is -3.37. The van der Waals surface area contributed by atoms with Crippen LogP contribution in [0.4, 0.5) is 13.2 Å². The van der Waals surface area contributed by atoms with Crippen LogP contribution in [0.5, 0.6) is 11.5 Å². The number of likely N-dealkylation sites (tertiary alicyclic amines) is 1. The first-order valence-electron chi connectivity index (χ1n) is 12.5. The highest BCUT2D eigenvalue weighted by molar-refractivity contribution is 6.06. The smallest absolute Gasteiger partial charge is 0.416 e. The number of aromatic hydroxyl groups is 1. The molecule has 0 unspecified atom stereocenters. The molecule has 1 spiro atoms. The number of hydrogen-bond donors (Lipinski definition) is 2. The van der Waals surface area contributed by atoms with Gasteiger partial charge < -0.3 is 19.8 Å². The number of amides is 1. The molecule has 2 heterocycles. The van der Waals surface area contributed by atoms with Gasteiger partial charge in [-0.15, -0.1) is 0 Å². The highest BCUT2D eigenvalue weighted by atomic mass is 19.4. The lowest BCUT2D eigenvalue weighted by molar-refractivity contribution is -0.184. The number of carbonyl (C=O) groups excluding carboxylic acids is 2. The van der Waals surface area contributed by atoms with Gasteiger partial charge in [-0.3, -0.25) is 14.5 Å². The number of benzene rings is 2. The van der Waals surface area contributed by atoms with Crippen molar-refractivity contribution in [1.82, 2.24) is 9.80 Å². The van der Waals surface area contributed by atoms with Gasteiger partial charge in [-0.05, 0) is 68.8 Å². The van der Waals surface area contributed by atoms with Gasteiger partial charge in [0.25, 0.3) is 0 Å². The minimum Gasteiger partial charge on any atom is -0.504 e.